The third kappa shape index (κ3) is 5.26. The van der Waals surface area contributed by atoms with Crippen molar-refractivity contribution in [3.8, 4) is 16.9 Å². The minimum absolute atomic E-state index is 0.0797. The topological polar surface area (TPSA) is 18.5 Å². The van der Waals surface area contributed by atoms with Gasteiger partial charge in [0.1, 0.15) is 5.75 Å². The summed E-state index contributed by atoms with van der Waals surface area (Å²) in [5.41, 5.74) is 2.20. The van der Waals surface area contributed by atoms with E-state index < -0.39 is 34.9 Å². The average Bonchev–Trinajstić information content (AvgIpc) is 3.43. The first-order valence-electron chi connectivity index (χ1n) is 12.3. The van der Waals surface area contributed by atoms with Gasteiger partial charge in [0.25, 0.3) is 0 Å². The molecule has 1 aliphatic carbocycles. The van der Waals surface area contributed by atoms with Gasteiger partial charge in [0.2, 0.25) is 0 Å². The van der Waals surface area contributed by atoms with Crippen LogP contribution in [0.25, 0.3) is 11.1 Å². The van der Waals surface area contributed by atoms with Crippen LogP contribution in [0.5, 0.6) is 5.75 Å². The van der Waals surface area contributed by atoms with Crippen molar-refractivity contribution in [1.29, 1.82) is 0 Å². The summed E-state index contributed by atoms with van der Waals surface area (Å²) in [6.07, 6.45) is 3.74. The summed E-state index contributed by atoms with van der Waals surface area (Å²) >= 11 is 0. The maximum atomic E-state index is 14.6. The fourth-order valence-corrected chi connectivity index (χ4v) is 5.38. The van der Waals surface area contributed by atoms with Crippen LogP contribution in [0.4, 0.5) is 22.0 Å². The standard InChI is InChI=1S/C29H27F5O2/c30-25-15-24(16-26(31)28(25)32)36-29(33,34)23-12-9-20(10-13-23)19-5-7-21(8-6-19)27-14-11-22(17-35-27)18-3-1-2-4-18/h5-10,12-13,15-16,18,22,27H,1-4,11,14,17H2. The molecular weight excluding hydrogens is 475 g/mol. The van der Waals surface area contributed by atoms with Crippen LogP contribution in [0.3, 0.4) is 0 Å². The van der Waals surface area contributed by atoms with Crippen LogP contribution in [0.1, 0.15) is 55.8 Å². The number of ether oxygens (including phenoxy) is 2. The van der Waals surface area contributed by atoms with Crippen molar-refractivity contribution in [2.24, 2.45) is 11.8 Å². The van der Waals surface area contributed by atoms with Gasteiger partial charge in [-0.05, 0) is 53.5 Å². The molecule has 3 aromatic carbocycles. The molecule has 2 atom stereocenters. The SMILES string of the molecule is Fc1cc(OC(F)(F)c2ccc(-c3ccc(C4CCC(C5CCCC5)CO4)cc3)cc2)cc(F)c1F. The van der Waals surface area contributed by atoms with E-state index >= 15 is 0 Å². The highest BCUT2D eigenvalue weighted by Gasteiger charge is 2.35. The summed E-state index contributed by atoms with van der Waals surface area (Å²) in [6, 6.07) is 14.1. The summed E-state index contributed by atoms with van der Waals surface area (Å²) in [6.45, 7) is 0.812. The minimum Gasteiger partial charge on any atom is -0.429 e. The number of hydrogen-bond donors (Lipinski definition) is 0. The van der Waals surface area contributed by atoms with Crippen LogP contribution >= 0.6 is 0 Å². The second kappa shape index (κ2) is 10.2. The highest BCUT2D eigenvalue weighted by Crippen LogP contribution is 2.40. The lowest BCUT2D eigenvalue weighted by Gasteiger charge is -2.32. The van der Waals surface area contributed by atoms with E-state index in [4.69, 9.17) is 4.74 Å². The quantitative estimate of drug-likeness (QED) is 0.248. The third-order valence-corrected chi connectivity index (χ3v) is 7.42. The first-order valence-corrected chi connectivity index (χ1v) is 12.3. The number of hydrogen-bond acceptors (Lipinski definition) is 2. The molecule has 2 unspecified atom stereocenters. The van der Waals surface area contributed by atoms with Crippen molar-refractivity contribution in [3.05, 3.63) is 89.2 Å². The summed E-state index contributed by atoms with van der Waals surface area (Å²) in [4.78, 5) is 0. The summed E-state index contributed by atoms with van der Waals surface area (Å²) < 4.78 is 79.5. The predicted molar refractivity (Wildman–Crippen MR) is 126 cm³/mol. The van der Waals surface area contributed by atoms with Crippen molar-refractivity contribution in [2.75, 3.05) is 6.61 Å². The van der Waals surface area contributed by atoms with Gasteiger partial charge < -0.3 is 9.47 Å². The second-order valence-electron chi connectivity index (χ2n) is 9.72. The highest BCUT2D eigenvalue weighted by atomic mass is 19.3. The number of benzene rings is 3. The lowest BCUT2D eigenvalue weighted by Crippen LogP contribution is -2.25. The Morgan fingerprint density at radius 3 is 1.86 bits per heavy atom. The smallest absolute Gasteiger partial charge is 0.426 e. The Balaban J connectivity index is 1.22. The molecule has 0 spiro atoms. The third-order valence-electron chi connectivity index (χ3n) is 7.42. The highest BCUT2D eigenvalue weighted by molar-refractivity contribution is 5.64. The van der Waals surface area contributed by atoms with Crippen molar-refractivity contribution >= 4 is 0 Å². The van der Waals surface area contributed by atoms with Crippen LogP contribution in [-0.2, 0) is 10.8 Å². The van der Waals surface area contributed by atoms with Gasteiger partial charge in [-0.25, -0.2) is 13.2 Å². The van der Waals surface area contributed by atoms with Crippen LogP contribution in [0.2, 0.25) is 0 Å². The molecule has 0 bridgehead atoms. The number of alkyl halides is 2. The predicted octanol–water partition coefficient (Wildman–Crippen LogP) is 8.56. The average molecular weight is 503 g/mol. The fraction of sp³-hybridized carbons (Fsp3) is 0.379. The van der Waals surface area contributed by atoms with Gasteiger partial charge in [-0.3, -0.25) is 0 Å². The molecule has 0 radical (unpaired) electrons. The molecule has 2 fully saturated rings. The molecule has 3 aromatic rings. The molecule has 2 nitrogen and oxygen atoms in total. The van der Waals surface area contributed by atoms with Gasteiger partial charge in [0.05, 0.1) is 18.3 Å². The Labute approximate surface area is 207 Å². The van der Waals surface area contributed by atoms with Crippen LogP contribution in [0, 0.1) is 29.3 Å². The van der Waals surface area contributed by atoms with E-state index in [0.717, 1.165) is 35.6 Å². The van der Waals surface area contributed by atoms with Crippen LogP contribution in [0.15, 0.2) is 60.7 Å². The molecule has 36 heavy (non-hydrogen) atoms. The van der Waals surface area contributed by atoms with Gasteiger partial charge >= 0.3 is 6.11 Å². The van der Waals surface area contributed by atoms with E-state index in [1.165, 1.54) is 56.4 Å². The normalized spacial score (nSPS) is 21.0. The fourth-order valence-electron chi connectivity index (χ4n) is 5.38. The van der Waals surface area contributed by atoms with E-state index in [9.17, 15) is 22.0 Å². The van der Waals surface area contributed by atoms with Gasteiger partial charge in [-0.15, -0.1) is 0 Å². The Kier molecular flexibility index (Phi) is 7.02. The molecule has 1 aliphatic heterocycles. The molecule has 1 heterocycles. The van der Waals surface area contributed by atoms with Crippen molar-refractivity contribution in [2.45, 2.75) is 50.7 Å². The molecule has 2 aliphatic rings. The molecule has 7 heteroatoms. The van der Waals surface area contributed by atoms with Crippen LogP contribution in [-0.4, -0.2) is 6.61 Å². The summed E-state index contributed by atoms with van der Waals surface area (Å²) in [7, 11) is 0. The van der Waals surface area contributed by atoms with Crippen LogP contribution < -0.4 is 4.74 Å². The van der Waals surface area contributed by atoms with Crippen molar-refractivity contribution in [3.63, 3.8) is 0 Å². The zero-order valence-corrected chi connectivity index (χ0v) is 19.7. The Morgan fingerprint density at radius 2 is 1.31 bits per heavy atom. The zero-order chi connectivity index (χ0) is 25.3. The molecule has 5 rings (SSSR count). The minimum atomic E-state index is -3.87. The van der Waals surface area contributed by atoms with E-state index in [0.29, 0.717) is 18.1 Å². The largest absolute Gasteiger partial charge is 0.429 e. The first-order chi connectivity index (χ1) is 17.3. The van der Waals surface area contributed by atoms with E-state index in [1.54, 1.807) is 0 Å². The van der Waals surface area contributed by atoms with E-state index in [-0.39, 0.29) is 6.10 Å². The van der Waals surface area contributed by atoms with Gasteiger partial charge in [-0.1, -0.05) is 62.1 Å². The first kappa shape index (κ1) is 24.8. The molecule has 1 saturated heterocycles. The van der Waals surface area contributed by atoms with E-state index in [2.05, 4.69) is 4.74 Å². The number of rotatable bonds is 6. The lowest BCUT2D eigenvalue weighted by molar-refractivity contribution is -0.185. The Hall–Kier alpha value is -2.93. The summed E-state index contributed by atoms with van der Waals surface area (Å²) in [5.74, 6) is -4.28. The van der Waals surface area contributed by atoms with Gasteiger partial charge in [0, 0.05) is 12.1 Å². The lowest BCUT2D eigenvalue weighted by atomic mass is 9.84. The maximum Gasteiger partial charge on any atom is 0.426 e. The number of halogens is 5. The summed E-state index contributed by atoms with van der Waals surface area (Å²) in [5, 5.41) is 0. The van der Waals surface area contributed by atoms with Gasteiger partial charge in [-0.2, -0.15) is 8.78 Å². The maximum absolute atomic E-state index is 14.6. The second-order valence-corrected chi connectivity index (χ2v) is 9.72. The van der Waals surface area contributed by atoms with Crippen molar-refractivity contribution < 1.29 is 31.4 Å². The zero-order valence-electron chi connectivity index (χ0n) is 19.7. The molecule has 0 aromatic heterocycles. The Morgan fingerprint density at radius 1 is 0.722 bits per heavy atom. The Bertz CT molecular complexity index is 1160. The molecule has 1 saturated carbocycles. The van der Waals surface area contributed by atoms with E-state index in [1.807, 2.05) is 24.3 Å². The molecule has 0 N–H and O–H groups in total. The molecule has 190 valence electrons. The molecular formula is C29H27F5O2. The van der Waals surface area contributed by atoms with Gasteiger partial charge in [0.15, 0.2) is 17.5 Å². The molecule has 0 amide bonds. The monoisotopic (exact) mass is 502 g/mol. The van der Waals surface area contributed by atoms with Crippen molar-refractivity contribution in [1.82, 2.24) is 0 Å².